The van der Waals surface area contributed by atoms with Gasteiger partial charge in [-0.05, 0) is 66.8 Å². The second-order valence-corrected chi connectivity index (χ2v) is 8.50. The van der Waals surface area contributed by atoms with Gasteiger partial charge < -0.3 is 14.2 Å². The van der Waals surface area contributed by atoms with Crippen LogP contribution in [0.2, 0.25) is 0 Å². The topological polar surface area (TPSA) is 107 Å². The van der Waals surface area contributed by atoms with Crippen molar-refractivity contribution >= 4 is 23.5 Å². The fraction of sp³-hybridized carbons (Fsp3) is 0.259. The zero-order valence-corrected chi connectivity index (χ0v) is 20.6. The monoisotopic (exact) mass is 507 g/mol. The fourth-order valence-electron chi connectivity index (χ4n) is 4.49. The van der Waals surface area contributed by atoms with E-state index in [0.717, 1.165) is 11.6 Å². The van der Waals surface area contributed by atoms with Crippen LogP contribution in [0.1, 0.15) is 17.5 Å². The van der Waals surface area contributed by atoms with Gasteiger partial charge in [0.2, 0.25) is 11.7 Å². The summed E-state index contributed by atoms with van der Waals surface area (Å²) < 4.78 is 31.0. The van der Waals surface area contributed by atoms with Crippen molar-refractivity contribution in [2.45, 2.75) is 19.3 Å². The second-order valence-electron chi connectivity index (χ2n) is 8.50. The Morgan fingerprint density at radius 1 is 0.919 bits per heavy atom. The van der Waals surface area contributed by atoms with Gasteiger partial charge in [-0.3, -0.25) is 19.9 Å². The van der Waals surface area contributed by atoms with Crippen LogP contribution in [0, 0.1) is 11.2 Å². The second kappa shape index (κ2) is 10.7. The first-order chi connectivity index (χ1) is 17.8. The lowest BCUT2D eigenvalue weighted by Gasteiger charge is -2.39. The van der Waals surface area contributed by atoms with Crippen molar-refractivity contribution in [2.75, 3.05) is 26.2 Å². The first-order valence-electron chi connectivity index (χ1n) is 11.5. The molecule has 0 radical (unpaired) electrons. The van der Waals surface area contributed by atoms with Gasteiger partial charge in [-0.2, -0.15) is 0 Å². The van der Waals surface area contributed by atoms with Crippen LogP contribution >= 0.6 is 0 Å². The minimum absolute atomic E-state index is 0.0383. The number of anilines is 1. The van der Waals surface area contributed by atoms with Crippen molar-refractivity contribution in [3.05, 3.63) is 77.9 Å². The average molecular weight is 508 g/mol. The Labute approximate surface area is 213 Å². The van der Waals surface area contributed by atoms with Crippen molar-refractivity contribution < 1.29 is 33.0 Å². The third-order valence-corrected chi connectivity index (χ3v) is 6.38. The number of benzene rings is 2. The van der Waals surface area contributed by atoms with E-state index in [4.69, 9.17) is 14.2 Å². The molecule has 4 rings (SSSR count). The van der Waals surface area contributed by atoms with Crippen LogP contribution in [0.15, 0.2) is 60.9 Å². The molecule has 0 aliphatic carbocycles. The van der Waals surface area contributed by atoms with E-state index in [-0.39, 0.29) is 18.5 Å². The van der Waals surface area contributed by atoms with E-state index < -0.39 is 29.1 Å². The summed E-state index contributed by atoms with van der Waals surface area (Å²) in [6.45, 7) is 0. The van der Waals surface area contributed by atoms with Crippen LogP contribution in [0.4, 0.5) is 14.9 Å². The molecule has 10 heteroatoms. The van der Waals surface area contributed by atoms with Gasteiger partial charge in [-0.25, -0.2) is 14.1 Å². The number of methoxy groups -OCH3 is 3. The molecule has 1 fully saturated rings. The Balaban J connectivity index is 1.83. The highest BCUT2D eigenvalue weighted by Crippen LogP contribution is 2.42. The van der Waals surface area contributed by atoms with Crippen molar-refractivity contribution in [3.63, 3.8) is 0 Å². The highest BCUT2D eigenvalue weighted by molar-refractivity contribution is 6.30. The molecule has 9 nitrogen and oxygen atoms in total. The summed E-state index contributed by atoms with van der Waals surface area (Å²) in [6.07, 6.45) is 3.47. The Morgan fingerprint density at radius 3 is 2.16 bits per heavy atom. The maximum Gasteiger partial charge on any atom is 0.335 e. The molecule has 4 amide bonds. The lowest BCUT2D eigenvalue weighted by Crippen LogP contribution is -2.65. The van der Waals surface area contributed by atoms with Crippen molar-refractivity contribution in [3.8, 4) is 17.2 Å². The standard InChI is InChI=1S/C27H26FN3O6/c1-35-21-14-18(15-22(36-2)23(21)37-3)16-27(11-8-17-9-12-29-13-10-17)24(32)30-26(34)31(25(27)33)20-7-5-4-6-19(20)28/h4-7,9-10,12-15H,8,11,16H2,1-3H3,(H,30,32,34). The molecular weight excluding hydrogens is 481 g/mol. The van der Waals surface area contributed by atoms with Gasteiger partial charge >= 0.3 is 6.03 Å². The van der Waals surface area contributed by atoms with Crippen LogP contribution in [0.3, 0.4) is 0 Å². The van der Waals surface area contributed by atoms with E-state index in [1.165, 1.54) is 39.5 Å². The van der Waals surface area contributed by atoms with E-state index in [9.17, 15) is 18.8 Å². The summed E-state index contributed by atoms with van der Waals surface area (Å²) in [5.74, 6) is -1.33. The summed E-state index contributed by atoms with van der Waals surface area (Å²) in [7, 11) is 4.38. The highest BCUT2D eigenvalue weighted by Gasteiger charge is 2.54. The molecule has 1 unspecified atom stereocenters. The van der Waals surface area contributed by atoms with Crippen molar-refractivity contribution in [2.24, 2.45) is 5.41 Å². The van der Waals surface area contributed by atoms with E-state index in [0.29, 0.717) is 34.1 Å². The van der Waals surface area contributed by atoms with Gasteiger partial charge in [-0.15, -0.1) is 0 Å². The number of aromatic nitrogens is 1. The first kappa shape index (κ1) is 25.6. The zero-order chi connectivity index (χ0) is 26.6. The minimum Gasteiger partial charge on any atom is -0.493 e. The SMILES string of the molecule is COc1cc(CC2(CCc3ccncc3)C(=O)NC(=O)N(c3ccccc3F)C2=O)cc(OC)c1OC. The lowest BCUT2D eigenvalue weighted by molar-refractivity contribution is -0.143. The molecule has 1 aliphatic heterocycles. The van der Waals surface area contributed by atoms with Crippen LogP contribution in [-0.4, -0.2) is 44.2 Å². The summed E-state index contributed by atoms with van der Waals surface area (Å²) in [5.41, 5.74) is -0.621. The van der Waals surface area contributed by atoms with E-state index in [1.807, 2.05) is 0 Å². The largest absolute Gasteiger partial charge is 0.493 e. The number of ether oxygens (including phenoxy) is 3. The Hall–Kier alpha value is -4.47. The number of amides is 4. The Kier molecular flexibility index (Phi) is 7.37. The number of barbiturate groups is 1. The summed E-state index contributed by atoms with van der Waals surface area (Å²) in [5, 5.41) is 2.27. The van der Waals surface area contributed by atoms with Gasteiger partial charge in [0.05, 0.1) is 27.0 Å². The number of pyridine rings is 1. The number of nitrogens with zero attached hydrogens (tertiary/aromatic N) is 2. The number of para-hydroxylation sites is 1. The van der Waals surface area contributed by atoms with Crippen LogP contribution < -0.4 is 24.4 Å². The molecule has 0 saturated carbocycles. The number of urea groups is 1. The molecule has 0 bridgehead atoms. The third-order valence-electron chi connectivity index (χ3n) is 6.38. The van der Waals surface area contributed by atoms with Crippen molar-refractivity contribution in [1.29, 1.82) is 0 Å². The number of aryl methyl sites for hydroxylation is 1. The summed E-state index contributed by atoms with van der Waals surface area (Å²) in [4.78, 5) is 45.0. The number of imide groups is 2. The van der Waals surface area contributed by atoms with E-state index in [2.05, 4.69) is 10.3 Å². The average Bonchev–Trinajstić information content (AvgIpc) is 2.91. The predicted molar refractivity (Wildman–Crippen MR) is 132 cm³/mol. The molecule has 2 heterocycles. The number of rotatable bonds is 9. The van der Waals surface area contributed by atoms with Crippen LogP contribution in [0.5, 0.6) is 17.2 Å². The lowest BCUT2D eigenvalue weighted by atomic mass is 9.73. The molecule has 0 spiro atoms. The van der Waals surface area contributed by atoms with E-state index >= 15 is 0 Å². The van der Waals surface area contributed by atoms with Gasteiger partial charge in [0.1, 0.15) is 11.2 Å². The Morgan fingerprint density at radius 2 is 1.57 bits per heavy atom. The minimum atomic E-state index is -1.75. The maximum atomic E-state index is 14.7. The number of hydrogen-bond donors (Lipinski definition) is 1. The number of halogens is 1. The van der Waals surface area contributed by atoms with Gasteiger partial charge in [0.25, 0.3) is 5.91 Å². The van der Waals surface area contributed by atoms with Gasteiger partial charge in [0.15, 0.2) is 11.5 Å². The molecule has 1 N–H and O–H groups in total. The number of carbonyl (C=O) groups excluding carboxylic acids is 3. The molecule has 3 aromatic rings. The zero-order valence-electron chi connectivity index (χ0n) is 20.6. The fourth-order valence-corrected chi connectivity index (χ4v) is 4.49. The van der Waals surface area contributed by atoms with E-state index in [1.54, 1.807) is 36.7 Å². The number of nitrogens with one attached hydrogen (secondary N) is 1. The third kappa shape index (κ3) is 4.82. The molecule has 1 atom stereocenters. The normalized spacial score (nSPS) is 17.4. The molecule has 2 aromatic carbocycles. The quantitative estimate of drug-likeness (QED) is 0.440. The molecule has 192 valence electrons. The molecule has 37 heavy (non-hydrogen) atoms. The molecule has 1 saturated heterocycles. The Bertz CT molecular complexity index is 1310. The summed E-state index contributed by atoms with van der Waals surface area (Å²) >= 11 is 0. The number of hydrogen-bond acceptors (Lipinski definition) is 7. The molecule has 1 aliphatic rings. The maximum absolute atomic E-state index is 14.7. The first-order valence-corrected chi connectivity index (χ1v) is 11.5. The molecule has 1 aromatic heterocycles. The van der Waals surface area contributed by atoms with Gasteiger partial charge in [0, 0.05) is 12.4 Å². The van der Waals surface area contributed by atoms with Crippen LogP contribution in [-0.2, 0) is 22.4 Å². The molecular formula is C27H26FN3O6. The summed E-state index contributed by atoms with van der Waals surface area (Å²) in [6, 6.07) is 11.2. The highest BCUT2D eigenvalue weighted by atomic mass is 19.1. The predicted octanol–water partition coefficient (Wildman–Crippen LogP) is 3.69. The van der Waals surface area contributed by atoms with Gasteiger partial charge in [-0.1, -0.05) is 12.1 Å². The van der Waals surface area contributed by atoms with Crippen molar-refractivity contribution in [1.82, 2.24) is 10.3 Å². The van der Waals surface area contributed by atoms with Crippen LogP contribution in [0.25, 0.3) is 0 Å². The smallest absolute Gasteiger partial charge is 0.335 e. The number of carbonyl (C=O) groups is 3.